The van der Waals surface area contributed by atoms with E-state index in [9.17, 15) is 0 Å². The summed E-state index contributed by atoms with van der Waals surface area (Å²) in [6.07, 6.45) is 10.7. The number of nitrogens with one attached hydrogen (secondary N) is 1. The van der Waals surface area contributed by atoms with Crippen molar-refractivity contribution in [1.82, 2.24) is 10.3 Å². The number of hydrogen-bond acceptors (Lipinski definition) is 2. The summed E-state index contributed by atoms with van der Waals surface area (Å²) < 4.78 is 0. The van der Waals surface area contributed by atoms with Crippen molar-refractivity contribution in [2.45, 2.75) is 51.9 Å². The fourth-order valence-electron chi connectivity index (χ4n) is 3.19. The maximum atomic E-state index is 4.33. The van der Waals surface area contributed by atoms with Gasteiger partial charge in [0.15, 0.2) is 0 Å². The van der Waals surface area contributed by atoms with Crippen molar-refractivity contribution in [3.63, 3.8) is 0 Å². The van der Waals surface area contributed by atoms with E-state index in [1.807, 2.05) is 6.20 Å². The minimum absolute atomic E-state index is 0.719. The van der Waals surface area contributed by atoms with Crippen LogP contribution in [0.1, 0.15) is 56.1 Å². The molecule has 0 saturated heterocycles. The Morgan fingerprint density at radius 1 is 1.33 bits per heavy atom. The molecule has 1 aromatic heterocycles. The number of nitrogens with zero attached hydrogens (tertiary/aromatic N) is 1. The van der Waals surface area contributed by atoms with Crippen LogP contribution in [-0.4, -0.2) is 18.1 Å². The highest BCUT2D eigenvalue weighted by Crippen LogP contribution is 2.38. The summed E-state index contributed by atoms with van der Waals surface area (Å²) in [5, 5.41) is 3.60. The molecule has 0 amide bonds. The first kappa shape index (κ1) is 13.5. The van der Waals surface area contributed by atoms with E-state index in [1.54, 1.807) is 0 Å². The third kappa shape index (κ3) is 3.32. The highest BCUT2D eigenvalue weighted by atomic mass is 14.9. The molecular weight excluding hydrogens is 220 g/mol. The van der Waals surface area contributed by atoms with Crippen LogP contribution in [0.15, 0.2) is 18.5 Å². The van der Waals surface area contributed by atoms with Crippen LogP contribution in [-0.2, 0) is 0 Å². The highest BCUT2D eigenvalue weighted by Gasteiger charge is 2.27. The van der Waals surface area contributed by atoms with Gasteiger partial charge in [-0.15, -0.1) is 0 Å². The zero-order valence-electron chi connectivity index (χ0n) is 11.8. The minimum atomic E-state index is 0.719. The first-order valence-corrected chi connectivity index (χ1v) is 7.44. The fraction of sp³-hybridized carbons (Fsp3) is 0.688. The Kier molecular flexibility index (Phi) is 5.18. The summed E-state index contributed by atoms with van der Waals surface area (Å²) in [6, 6.07) is 2.15. The van der Waals surface area contributed by atoms with E-state index in [-0.39, 0.29) is 0 Å². The number of aromatic nitrogens is 1. The second-order valence-corrected chi connectivity index (χ2v) is 5.59. The Labute approximate surface area is 111 Å². The second-order valence-electron chi connectivity index (χ2n) is 5.59. The molecule has 100 valence electrons. The molecule has 1 saturated carbocycles. The van der Waals surface area contributed by atoms with Crippen LogP contribution in [0.2, 0.25) is 0 Å². The lowest BCUT2D eigenvalue weighted by Crippen LogP contribution is -2.30. The molecule has 0 aromatic carbocycles. The predicted molar refractivity (Wildman–Crippen MR) is 76.8 cm³/mol. The van der Waals surface area contributed by atoms with Gasteiger partial charge in [-0.3, -0.25) is 4.98 Å². The van der Waals surface area contributed by atoms with E-state index < -0.39 is 0 Å². The highest BCUT2D eigenvalue weighted by molar-refractivity contribution is 5.26. The zero-order valence-corrected chi connectivity index (χ0v) is 11.8. The fourth-order valence-corrected chi connectivity index (χ4v) is 3.19. The molecule has 2 nitrogen and oxygen atoms in total. The molecule has 2 heteroatoms. The number of pyridine rings is 1. The van der Waals surface area contributed by atoms with Gasteiger partial charge >= 0.3 is 0 Å². The van der Waals surface area contributed by atoms with Crippen molar-refractivity contribution in [1.29, 1.82) is 0 Å². The number of hydrogen-bond donors (Lipinski definition) is 1. The Hall–Kier alpha value is -0.890. The molecule has 18 heavy (non-hydrogen) atoms. The second kappa shape index (κ2) is 6.89. The summed E-state index contributed by atoms with van der Waals surface area (Å²) >= 11 is 0. The molecule has 0 radical (unpaired) electrons. The van der Waals surface area contributed by atoms with E-state index in [4.69, 9.17) is 0 Å². The maximum absolute atomic E-state index is 4.33. The maximum Gasteiger partial charge on any atom is 0.0305 e. The van der Waals surface area contributed by atoms with E-state index in [0.29, 0.717) is 0 Å². The third-order valence-electron chi connectivity index (χ3n) is 4.22. The smallest absolute Gasteiger partial charge is 0.0305 e. The van der Waals surface area contributed by atoms with Crippen LogP contribution in [0, 0.1) is 12.8 Å². The molecule has 0 spiro atoms. The average molecular weight is 246 g/mol. The molecule has 1 aliphatic rings. The van der Waals surface area contributed by atoms with Crippen molar-refractivity contribution in [3.05, 3.63) is 29.6 Å². The van der Waals surface area contributed by atoms with Crippen molar-refractivity contribution in [2.75, 3.05) is 13.1 Å². The Balaban J connectivity index is 2.05. The van der Waals surface area contributed by atoms with Crippen molar-refractivity contribution in [2.24, 2.45) is 5.92 Å². The van der Waals surface area contributed by atoms with Crippen LogP contribution < -0.4 is 5.32 Å². The van der Waals surface area contributed by atoms with Crippen LogP contribution >= 0.6 is 0 Å². The normalized spacial score (nSPS) is 24.1. The van der Waals surface area contributed by atoms with Crippen LogP contribution in [0.4, 0.5) is 0 Å². The Bertz CT molecular complexity index is 362. The van der Waals surface area contributed by atoms with Gasteiger partial charge in [-0.2, -0.15) is 0 Å². The van der Waals surface area contributed by atoms with E-state index in [2.05, 4.69) is 36.4 Å². The monoisotopic (exact) mass is 246 g/mol. The minimum Gasteiger partial charge on any atom is -0.316 e. The van der Waals surface area contributed by atoms with Crippen molar-refractivity contribution in [3.8, 4) is 0 Å². The van der Waals surface area contributed by atoms with Crippen LogP contribution in [0.25, 0.3) is 0 Å². The van der Waals surface area contributed by atoms with Crippen LogP contribution in [0.5, 0.6) is 0 Å². The number of aryl methyl sites for hydroxylation is 1. The van der Waals surface area contributed by atoms with Crippen LogP contribution in [0.3, 0.4) is 0 Å². The summed E-state index contributed by atoms with van der Waals surface area (Å²) in [6.45, 7) is 6.78. The van der Waals surface area contributed by atoms with E-state index >= 15 is 0 Å². The first-order valence-electron chi connectivity index (χ1n) is 7.44. The topological polar surface area (TPSA) is 24.9 Å². The van der Waals surface area contributed by atoms with Gasteiger partial charge in [0.2, 0.25) is 0 Å². The molecule has 0 aliphatic heterocycles. The van der Waals surface area contributed by atoms with E-state index in [0.717, 1.165) is 18.4 Å². The molecule has 2 unspecified atom stereocenters. The first-order chi connectivity index (χ1) is 8.83. The Morgan fingerprint density at radius 2 is 2.17 bits per heavy atom. The Morgan fingerprint density at radius 3 is 2.94 bits per heavy atom. The predicted octanol–water partition coefficient (Wildman–Crippen LogP) is 3.66. The van der Waals surface area contributed by atoms with Gasteiger partial charge in [-0.1, -0.05) is 19.8 Å². The lowest BCUT2D eigenvalue weighted by atomic mass is 9.75. The van der Waals surface area contributed by atoms with Gasteiger partial charge in [-0.25, -0.2) is 0 Å². The molecule has 1 fully saturated rings. The molecule has 0 bridgehead atoms. The quantitative estimate of drug-likeness (QED) is 0.802. The largest absolute Gasteiger partial charge is 0.316 e. The van der Waals surface area contributed by atoms with Gasteiger partial charge in [0.25, 0.3) is 0 Å². The molecule has 1 N–H and O–H groups in total. The van der Waals surface area contributed by atoms with Gasteiger partial charge < -0.3 is 5.32 Å². The lowest BCUT2D eigenvalue weighted by Gasteiger charge is -2.32. The molecule has 2 rings (SSSR count). The molecule has 2 atom stereocenters. The summed E-state index contributed by atoms with van der Waals surface area (Å²) in [5.74, 6) is 1.52. The van der Waals surface area contributed by atoms with Gasteiger partial charge in [0.05, 0.1) is 0 Å². The average Bonchev–Trinajstić information content (AvgIpc) is 2.40. The third-order valence-corrected chi connectivity index (χ3v) is 4.22. The molecule has 1 heterocycles. The summed E-state index contributed by atoms with van der Waals surface area (Å²) in [7, 11) is 0. The van der Waals surface area contributed by atoms with Gasteiger partial charge in [-0.05, 0) is 68.3 Å². The van der Waals surface area contributed by atoms with Gasteiger partial charge in [0.1, 0.15) is 0 Å². The van der Waals surface area contributed by atoms with Crippen molar-refractivity contribution >= 4 is 0 Å². The molecular formula is C16H26N2. The lowest BCUT2D eigenvalue weighted by molar-refractivity contribution is 0.295. The molecule has 1 aromatic rings. The van der Waals surface area contributed by atoms with Gasteiger partial charge in [0, 0.05) is 12.4 Å². The molecule has 1 aliphatic carbocycles. The SMILES string of the molecule is CCCNCC1CCCCC1c1cnccc1C. The standard InChI is InChI=1S/C16H26N2/c1-3-9-17-11-14-6-4-5-7-15(14)16-12-18-10-8-13(16)2/h8,10,12,14-15,17H,3-7,9,11H2,1-2H3. The summed E-state index contributed by atoms with van der Waals surface area (Å²) in [4.78, 5) is 4.33. The van der Waals surface area contributed by atoms with E-state index in [1.165, 1.54) is 49.8 Å². The zero-order chi connectivity index (χ0) is 12.8. The summed E-state index contributed by atoms with van der Waals surface area (Å²) in [5.41, 5.74) is 2.90. The van der Waals surface area contributed by atoms with Crippen molar-refractivity contribution < 1.29 is 0 Å². The number of rotatable bonds is 5.